The fourth-order valence-corrected chi connectivity index (χ4v) is 2.08. The monoisotopic (exact) mass is 300 g/mol. The molecule has 2 rings (SSSR count). The zero-order chi connectivity index (χ0) is 15.4. The van der Waals surface area contributed by atoms with Gasteiger partial charge in [-0.25, -0.2) is 9.97 Å². The summed E-state index contributed by atoms with van der Waals surface area (Å²) < 4.78 is 0. The van der Waals surface area contributed by atoms with Gasteiger partial charge in [0.05, 0.1) is 0 Å². The molecule has 0 amide bonds. The van der Waals surface area contributed by atoms with E-state index >= 15 is 0 Å². The number of hydrogen-bond donors (Lipinski definition) is 2. The number of thiocarbonyl (C=S) groups is 1. The summed E-state index contributed by atoms with van der Waals surface area (Å²) in [6, 6.07) is 10.3. The lowest BCUT2D eigenvalue weighted by atomic mass is 10.0. The van der Waals surface area contributed by atoms with E-state index in [9.17, 15) is 0 Å². The molecule has 21 heavy (non-hydrogen) atoms. The molecule has 0 saturated carbocycles. The van der Waals surface area contributed by atoms with Crippen LogP contribution in [0.1, 0.15) is 42.3 Å². The van der Waals surface area contributed by atoms with Crippen LogP contribution in [0.15, 0.2) is 30.3 Å². The van der Waals surface area contributed by atoms with E-state index in [2.05, 4.69) is 53.4 Å². The molecule has 1 aromatic carbocycles. The van der Waals surface area contributed by atoms with Crippen LogP contribution in [0.25, 0.3) is 0 Å². The number of benzene rings is 1. The molecule has 5 heteroatoms. The van der Waals surface area contributed by atoms with Gasteiger partial charge >= 0.3 is 0 Å². The van der Waals surface area contributed by atoms with Crippen molar-refractivity contribution in [2.75, 3.05) is 5.32 Å². The molecule has 1 aromatic heterocycles. The Morgan fingerprint density at radius 2 is 1.90 bits per heavy atom. The average molecular weight is 300 g/mol. The van der Waals surface area contributed by atoms with Crippen molar-refractivity contribution < 1.29 is 0 Å². The van der Waals surface area contributed by atoms with E-state index in [1.807, 2.05) is 6.92 Å². The van der Waals surface area contributed by atoms with E-state index in [1.54, 1.807) is 6.07 Å². The molecule has 0 atom stereocenters. The first kappa shape index (κ1) is 15.4. The van der Waals surface area contributed by atoms with Gasteiger partial charge in [-0.1, -0.05) is 50.3 Å². The van der Waals surface area contributed by atoms with Gasteiger partial charge in [-0.3, -0.25) is 0 Å². The third-order valence-electron chi connectivity index (χ3n) is 3.20. The summed E-state index contributed by atoms with van der Waals surface area (Å²) in [5, 5.41) is 3.21. The standard InChI is InChI=1S/C16H20N4S/c1-10(2)13-6-4-12(5-7-13)9-18-16-19-11(3)8-14(20-16)15(17)21/h4-8,10H,9H2,1-3H3,(H2,17,21)(H,18,19,20). The van der Waals surface area contributed by atoms with Crippen LogP contribution in [0, 0.1) is 6.92 Å². The first-order valence-corrected chi connectivity index (χ1v) is 7.34. The van der Waals surface area contributed by atoms with Crippen molar-refractivity contribution in [1.29, 1.82) is 0 Å². The number of nitrogens with one attached hydrogen (secondary N) is 1. The maximum Gasteiger partial charge on any atom is 0.223 e. The number of aryl methyl sites for hydroxylation is 1. The van der Waals surface area contributed by atoms with Crippen molar-refractivity contribution >= 4 is 23.2 Å². The van der Waals surface area contributed by atoms with Crippen LogP contribution in [-0.2, 0) is 6.54 Å². The third kappa shape index (κ3) is 4.23. The second-order valence-corrected chi connectivity index (χ2v) is 5.77. The van der Waals surface area contributed by atoms with E-state index in [0.717, 1.165) is 5.69 Å². The summed E-state index contributed by atoms with van der Waals surface area (Å²) in [4.78, 5) is 8.93. The second-order valence-electron chi connectivity index (χ2n) is 5.33. The quantitative estimate of drug-likeness (QED) is 0.831. The molecule has 0 unspecified atom stereocenters. The van der Waals surface area contributed by atoms with Gasteiger partial charge in [0.15, 0.2) is 0 Å². The third-order valence-corrected chi connectivity index (χ3v) is 3.41. The van der Waals surface area contributed by atoms with E-state index in [-0.39, 0.29) is 4.99 Å². The number of anilines is 1. The minimum absolute atomic E-state index is 0.282. The number of nitrogens with zero attached hydrogens (tertiary/aromatic N) is 2. The molecule has 110 valence electrons. The van der Waals surface area contributed by atoms with Crippen LogP contribution >= 0.6 is 12.2 Å². The van der Waals surface area contributed by atoms with E-state index in [4.69, 9.17) is 18.0 Å². The van der Waals surface area contributed by atoms with Gasteiger partial charge in [-0.05, 0) is 30.0 Å². The molecule has 0 fully saturated rings. The highest BCUT2D eigenvalue weighted by molar-refractivity contribution is 7.80. The van der Waals surface area contributed by atoms with Crippen molar-refractivity contribution in [2.45, 2.75) is 33.2 Å². The smallest absolute Gasteiger partial charge is 0.223 e. The van der Waals surface area contributed by atoms with Gasteiger partial charge in [0.2, 0.25) is 5.95 Å². The Morgan fingerprint density at radius 3 is 2.48 bits per heavy atom. The molecule has 4 nitrogen and oxygen atoms in total. The number of aromatic nitrogens is 2. The molecule has 0 radical (unpaired) electrons. The Hall–Kier alpha value is -2.01. The summed E-state index contributed by atoms with van der Waals surface area (Å²) >= 11 is 4.96. The number of nitrogens with two attached hydrogens (primary N) is 1. The number of hydrogen-bond acceptors (Lipinski definition) is 4. The highest BCUT2D eigenvalue weighted by Gasteiger charge is 2.05. The van der Waals surface area contributed by atoms with Crippen molar-refractivity contribution in [1.82, 2.24) is 9.97 Å². The molecule has 1 heterocycles. The minimum Gasteiger partial charge on any atom is -0.388 e. The highest BCUT2D eigenvalue weighted by Crippen LogP contribution is 2.15. The molecule has 0 spiro atoms. The van der Waals surface area contributed by atoms with E-state index in [1.165, 1.54) is 11.1 Å². The molecule has 0 aliphatic rings. The van der Waals surface area contributed by atoms with Crippen LogP contribution in [0.2, 0.25) is 0 Å². The minimum atomic E-state index is 0.282. The van der Waals surface area contributed by atoms with Gasteiger partial charge in [-0.2, -0.15) is 0 Å². The summed E-state index contributed by atoms with van der Waals surface area (Å²) in [5.41, 5.74) is 9.56. The molecule has 0 saturated heterocycles. The SMILES string of the molecule is Cc1cc(C(N)=S)nc(NCc2ccc(C(C)C)cc2)n1. The van der Waals surface area contributed by atoms with E-state index in [0.29, 0.717) is 24.1 Å². The lowest BCUT2D eigenvalue weighted by molar-refractivity contribution is 0.865. The van der Waals surface area contributed by atoms with Gasteiger partial charge < -0.3 is 11.1 Å². The summed E-state index contributed by atoms with van der Waals surface area (Å²) in [7, 11) is 0. The zero-order valence-corrected chi connectivity index (χ0v) is 13.4. The predicted molar refractivity (Wildman–Crippen MR) is 90.5 cm³/mol. The Bertz CT molecular complexity index is 635. The Kier molecular flexibility index (Phi) is 4.85. The molecule has 2 aromatic rings. The maximum atomic E-state index is 5.62. The topological polar surface area (TPSA) is 63.8 Å². The molecule has 0 bridgehead atoms. The zero-order valence-electron chi connectivity index (χ0n) is 12.6. The van der Waals surface area contributed by atoms with Crippen LogP contribution in [0.3, 0.4) is 0 Å². The van der Waals surface area contributed by atoms with Gasteiger partial charge in [0, 0.05) is 12.2 Å². The fourth-order valence-electron chi connectivity index (χ4n) is 1.98. The molecular formula is C16H20N4S. The van der Waals surface area contributed by atoms with Crippen molar-refractivity contribution in [3.05, 3.63) is 52.8 Å². The van der Waals surface area contributed by atoms with Crippen LogP contribution in [-0.4, -0.2) is 15.0 Å². The predicted octanol–water partition coefficient (Wildman–Crippen LogP) is 3.15. The van der Waals surface area contributed by atoms with Crippen molar-refractivity contribution in [2.24, 2.45) is 5.73 Å². The maximum absolute atomic E-state index is 5.62. The Labute approximate surface area is 130 Å². The number of rotatable bonds is 5. The van der Waals surface area contributed by atoms with Gasteiger partial charge in [0.25, 0.3) is 0 Å². The Morgan fingerprint density at radius 1 is 1.24 bits per heavy atom. The van der Waals surface area contributed by atoms with Gasteiger partial charge in [-0.15, -0.1) is 0 Å². The summed E-state index contributed by atoms with van der Waals surface area (Å²) in [5.74, 6) is 1.09. The van der Waals surface area contributed by atoms with Crippen molar-refractivity contribution in [3.63, 3.8) is 0 Å². The summed E-state index contributed by atoms with van der Waals surface area (Å²) in [6.07, 6.45) is 0. The fraction of sp³-hybridized carbons (Fsp3) is 0.312. The second kappa shape index (κ2) is 6.63. The lowest BCUT2D eigenvalue weighted by Gasteiger charge is -2.09. The van der Waals surface area contributed by atoms with Gasteiger partial charge in [0.1, 0.15) is 10.7 Å². The first-order chi connectivity index (χ1) is 9.95. The Balaban J connectivity index is 2.07. The van der Waals surface area contributed by atoms with Crippen LogP contribution in [0.5, 0.6) is 0 Å². The highest BCUT2D eigenvalue weighted by atomic mass is 32.1. The normalized spacial score (nSPS) is 10.7. The largest absolute Gasteiger partial charge is 0.388 e. The molecule has 0 aliphatic carbocycles. The first-order valence-electron chi connectivity index (χ1n) is 6.94. The van der Waals surface area contributed by atoms with E-state index < -0.39 is 0 Å². The molecule has 3 N–H and O–H groups in total. The lowest BCUT2D eigenvalue weighted by Crippen LogP contribution is -2.14. The van der Waals surface area contributed by atoms with Crippen molar-refractivity contribution in [3.8, 4) is 0 Å². The molecular weight excluding hydrogens is 280 g/mol. The van der Waals surface area contributed by atoms with Crippen LogP contribution < -0.4 is 11.1 Å². The summed E-state index contributed by atoms with van der Waals surface area (Å²) in [6.45, 7) is 6.93. The average Bonchev–Trinajstić information content (AvgIpc) is 2.45. The molecule has 0 aliphatic heterocycles. The van der Waals surface area contributed by atoms with Crippen LogP contribution in [0.4, 0.5) is 5.95 Å².